The molecule has 11 heteroatoms. The minimum absolute atomic E-state index is 0.0662. The van der Waals surface area contributed by atoms with Gasteiger partial charge in [-0.3, -0.25) is 4.79 Å². The number of nitrogens with one attached hydrogen (secondary N) is 1. The van der Waals surface area contributed by atoms with Crippen molar-refractivity contribution in [2.24, 2.45) is 0 Å². The zero-order valence-corrected chi connectivity index (χ0v) is 23.1. The highest BCUT2D eigenvalue weighted by Gasteiger charge is 2.25. The predicted octanol–water partition coefficient (Wildman–Crippen LogP) is 6.63. The Morgan fingerprint density at radius 3 is 2.42 bits per heavy atom. The number of methoxy groups -OCH3 is 1. The van der Waals surface area contributed by atoms with Gasteiger partial charge in [0.2, 0.25) is 6.33 Å². The fraction of sp³-hybridized carbons (Fsp3) is 0.148. The molecule has 0 spiro atoms. The molecule has 1 atom stereocenters. The van der Waals surface area contributed by atoms with Gasteiger partial charge in [0.05, 0.1) is 17.7 Å². The molecule has 196 valence electrons. The lowest BCUT2D eigenvalue weighted by atomic mass is 10.1. The van der Waals surface area contributed by atoms with Crippen LogP contribution >= 0.6 is 46.4 Å². The molecule has 1 heterocycles. The molecule has 0 aliphatic heterocycles. The molecule has 0 saturated heterocycles. The Morgan fingerprint density at radius 1 is 0.974 bits per heavy atom. The molecule has 0 fully saturated rings. The Morgan fingerprint density at radius 2 is 1.71 bits per heavy atom. The number of nitrogens with zero attached hydrogens (tertiary/aromatic N) is 2. The second-order valence-corrected chi connectivity index (χ2v) is 9.93. The van der Waals surface area contributed by atoms with E-state index in [0.717, 1.165) is 0 Å². The molecule has 0 aliphatic rings. The first-order chi connectivity index (χ1) is 18.2. The van der Waals surface area contributed by atoms with Crippen molar-refractivity contribution in [2.45, 2.75) is 19.2 Å². The van der Waals surface area contributed by atoms with E-state index in [4.69, 9.17) is 55.9 Å². The molecule has 4 aromatic rings. The van der Waals surface area contributed by atoms with Gasteiger partial charge in [-0.15, -0.1) is 0 Å². The number of halogens is 4. The molecule has 38 heavy (non-hydrogen) atoms. The number of aromatic nitrogens is 2. The fourth-order valence-corrected chi connectivity index (χ4v) is 4.72. The van der Waals surface area contributed by atoms with Crippen LogP contribution in [0.1, 0.15) is 22.0 Å². The van der Waals surface area contributed by atoms with Crippen molar-refractivity contribution in [1.82, 2.24) is 4.57 Å². The summed E-state index contributed by atoms with van der Waals surface area (Å²) in [6.45, 7) is 0.277. The average Bonchev–Trinajstić information content (AvgIpc) is 3.30. The molecule has 4 rings (SSSR count). The summed E-state index contributed by atoms with van der Waals surface area (Å²) >= 11 is 24.7. The summed E-state index contributed by atoms with van der Waals surface area (Å²) in [6.07, 6.45) is 4.44. The van der Waals surface area contributed by atoms with Gasteiger partial charge in [-0.2, -0.15) is 0 Å². The van der Waals surface area contributed by atoms with Crippen LogP contribution in [-0.4, -0.2) is 23.6 Å². The predicted molar refractivity (Wildman–Crippen MR) is 147 cm³/mol. The number of benzene rings is 3. The van der Waals surface area contributed by atoms with Gasteiger partial charge in [-0.05, 0) is 42.5 Å². The molecule has 1 N–H and O–H groups in total. The second-order valence-electron chi connectivity index (χ2n) is 8.25. The van der Waals surface area contributed by atoms with Gasteiger partial charge in [-0.1, -0.05) is 58.5 Å². The largest absolute Gasteiger partial charge is 0.497 e. The van der Waals surface area contributed by atoms with Crippen molar-refractivity contribution in [2.75, 3.05) is 12.4 Å². The molecule has 0 bridgehead atoms. The Hall–Kier alpha value is -3.23. The molecule has 3 aromatic carbocycles. The van der Waals surface area contributed by atoms with Crippen LogP contribution < -0.4 is 14.6 Å². The van der Waals surface area contributed by atoms with E-state index >= 15 is 0 Å². The lowest BCUT2D eigenvalue weighted by molar-refractivity contribution is -0.683. The summed E-state index contributed by atoms with van der Waals surface area (Å²) in [7, 11) is 1.56. The average molecular weight is 594 g/mol. The Labute approximate surface area is 239 Å². The van der Waals surface area contributed by atoms with Gasteiger partial charge in [0, 0.05) is 32.4 Å². The monoisotopic (exact) mass is 592 g/mol. The number of amides is 1. The van der Waals surface area contributed by atoms with E-state index in [-0.39, 0.29) is 29.6 Å². The minimum Gasteiger partial charge on any atom is -0.497 e. The van der Waals surface area contributed by atoms with Crippen molar-refractivity contribution in [1.29, 1.82) is 0 Å². The van der Waals surface area contributed by atoms with Gasteiger partial charge < -0.3 is 14.8 Å². The first-order valence-electron chi connectivity index (χ1n) is 11.3. The molecular weight excluding hydrogens is 572 g/mol. The van der Waals surface area contributed by atoms with E-state index in [1.54, 1.807) is 83.5 Å². The molecular formula is C27H22Cl4N3O4+. The summed E-state index contributed by atoms with van der Waals surface area (Å²) in [5.41, 5.74) is 1.35. The van der Waals surface area contributed by atoms with E-state index in [2.05, 4.69) is 5.32 Å². The van der Waals surface area contributed by atoms with E-state index < -0.39 is 12.1 Å². The SMILES string of the molecule is COc1cccc(NC(=O)C[n+]2ccn(CC(OC(=O)c3ccc(Cl)cc3Cl)c3ccc(Cl)cc3Cl)c2)c1. The molecule has 1 amide bonds. The number of rotatable bonds is 9. The summed E-state index contributed by atoms with van der Waals surface area (Å²) in [6, 6.07) is 16.6. The Kier molecular flexibility index (Phi) is 9.17. The number of anilines is 1. The third kappa shape index (κ3) is 7.20. The topological polar surface area (TPSA) is 73.4 Å². The molecule has 1 aromatic heterocycles. The van der Waals surface area contributed by atoms with Gasteiger partial charge in [0.15, 0.2) is 12.6 Å². The van der Waals surface area contributed by atoms with E-state index in [1.807, 2.05) is 0 Å². The number of hydrogen-bond acceptors (Lipinski definition) is 4. The zero-order valence-electron chi connectivity index (χ0n) is 20.0. The van der Waals surface area contributed by atoms with Crippen LogP contribution in [0.2, 0.25) is 20.1 Å². The Bertz CT molecular complexity index is 1470. The molecule has 0 radical (unpaired) electrons. The summed E-state index contributed by atoms with van der Waals surface area (Å²) in [5.74, 6) is -0.217. The van der Waals surface area contributed by atoms with Crippen LogP contribution in [-0.2, 0) is 22.6 Å². The third-order valence-corrected chi connectivity index (χ3v) is 6.62. The summed E-state index contributed by atoms with van der Waals surface area (Å²) < 4.78 is 14.5. The van der Waals surface area contributed by atoms with Crippen LogP contribution in [0.15, 0.2) is 79.4 Å². The molecule has 0 saturated carbocycles. The quantitative estimate of drug-likeness (QED) is 0.174. The van der Waals surface area contributed by atoms with Crippen molar-refractivity contribution >= 4 is 64.0 Å². The van der Waals surface area contributed by atoms with Crippen LogP contribution in [0, 0.1) is 0 Å². The number of imidazole rings is 1. The van der Waals surface area contributed by atoms with Gasteiger partial charge in [0.1, 0.15) is 24.7 Å². The normalized spacial score (nSPS) is 11.6. The van der Waals surface area contributed by atoms with Gasteiger partial charge in [0.25, 0.3) is 5.91 Å². The van der Waals surface area contributed by atoms with Crippen molar-refractivity contribution in [3.05, 3.63) is 111 Å². The van der Waals surface area contributed by atoms with Gasteiger partial charge in [-0.25, -0.2) is 13.9 Å². The first kappa shape index (κ1) is 27.8. The Balaban J connectivity index is 1.50. The molecule has 1 unspecified atom stereocenters. The highest BCUT2D eigenvalue weighted by molar-refractivity contribution is 6.36. The second kappa shape index (κ2) is 12.5. The molecule has 7 nitrogen and oxygen atoms in total. The number of ether oxygens (including phenoxy) is 2. The van der Waals surface area contributed by atoms with Crippen LogP contribution in [0.25, 0.3) is 0 Å². The van der Waals surface area contributed by atoms with Crippen LogP contribution in [0.4, 0.5) is 5.69 Å². The van der Waals surface area contributed by atoms with E-state index in [1.165, 1.54) is 12.1 Å². The fourth-order valence-electron chi connectivity index (χ4n) is 3.71. The van der Waals surface area contributed by atoms with Gasteiger partial charge >= 0.3 is 5.97 Å². The van der Waals surface area contributed by atoms with Crippen LogP contribution in [0.5, 0.6) is 5.75 Å². The number of esters is 1. The maximum absolute atomic E-state index is 13.0. The lowest BCUT2D eigenvalue weighted by Gasteiger charge is -2.18. The highest BCUT2D eigenvalue weighted by atomic mass is 35.5. The van der Waals surface area contributed by atoms with Crippen molar-refractivity contribution < 1.29 is 23.6 Å². The maximum Gasteiger partial charge on any atom is 0.340 e. The first-order valence-corrected chi connectivity index (χ1v) is 12.8. The summed E-state index contributed by atoms with van der Waals surface area (Å²) in [4.78, 5) is 25.6. The van der Waals surface area contributed by atoms with Crippen molar-refractivity contribution in [3.8, 4) is 5.75 Å². The van der Waals surface area contributed by atoms with E-state index in [9.17, 15) is 9.59 Å². The standard InChI is InChI=1S/C27H21Cl4N3O4/c1-37-20-4-2-3-19(13-20)32-26(35)15-34-10-9-33(16-34)14-25(21-7-5-17(28)11-23(21)30)38-27(36)22-8-6-18(29)12-24(22)31/h2-13,16,25H,14-15H2,1H3/p+1. The lowest BCUT2D eigenvalue weighted by Crippen LogP contribution is -2.38. The zero-order chi connectivity index (χ0) is 27.2. The smallest absolute Gasteiger partial charge is 0.340 e. The highest BCUT2D eigenvalue weighted by Crippen LogP contribution is 2.31. The number of carbonyl (C=O) groups is 2. The number of hydrogen-bond donors (Lipinski definition) is 1. The maximum atomic E-state index is 13.0. The summed E-state index contributed by atoms with van der Waals surface area (Å²) in [5, 5.41) is 4.20. The van der Waals surface area contributed by atoms with Crippen LogP contribution in [0.3, 0.4) is 0 Å². The minimum atomic E-state index is -0.787. The number of carbonyl (C=O) groups excluding carboxylic acids is 2. The third-order valence-electron chi connectivity index (χ3n) is 5.51. The van der Waals surface area contributed by atoms with Crippen molar-refractivity contribution in [3.63, 3.8) is 0 Å². The molecule has 0 aliphatic carbocycles. The van der Waals surface area contributed by atoms with E-state index in [0.29, 0.717) is 32.1 Å².